The lowest BCUT2D eigenvalue weighted by molar-refractivity contribution is 0.0708. The predicted octanol–water partition coefficient (Wildman–Crippen LogP) is 5.57. The SMILES string of the molecule is CN(C(=O)c1ccc2nc(N)c3cnn(C)c3c2c1)[C@@H]1COc2cc(S(F)(F)(F)(F)F)ccc21. The molecule has 1 amide bonds. The van der Waals surface area contributed by atoms with Gasteiger partial charge in [0.15, 0.2) is 0 Å². The third kappa shape index (κ3) is 3.47. The Morgan fingerprint density at radius 1 is 1.15 bits per heavy atom. The lowest BCUT2D eigenvalue weighted by Crippen LogP contribution is -2.32. The number of aryl methyl sites for hydroxylation is 1. The molecule has 7 nitrogen and oxygen atoms in total. The van der Waals surface area contributed by atoms with E-state index in [2.05, 4.69) is 10.1 Å². The van der Waals surface area contributed by atoms with Crippen LogP contribution in [0.3, 0.4) is 0 Å². The maximum absolute atomic E-state index is 13.2. The molecule has 0 spiro atoms. The molecule has 2 aromatic carbocycles. The fourth-order valence-electron chi connectivity index (χ4n) is 4.17. The molecule has 0 bridgehead atoms. The zero-order valence-electron chi connectivity index (χ0n) is 17.8. The summed E-state index contributed by atoms with van der Waals surface area (Å²) in [6.45, 7) is -0.168. The predicted molar refractivity (Wildman–Crippen MR) is 119 cm³/mol. The number of pyridine rings is 1. The van der Waals surface area contributed by atoms with Gasteiger partial charge in [-0.05, 0) is 24.3 Å². The van der Waals surface area contributed by atoms with Crippen molar-refractivity contribution >= 4 is 43.8 Å². The number of nitrogens with two attached hydrogens (primary N) is 1. The first kappa shape index (κ1) is 22.2. The number of hydrogen-bond donors (Lipinski definition) is 1. The van der Waals surface area contributed by atoms with E-state index >= 15 is 0 Å². The molecule has 0 saturated carbocycles. The van der Waals surface area contributed by atoms with Crippen molar-refractivity contribution in [3.8, 4) is 5.75 Å². The van der Waals surface area contributed by atoms with Gasteiger partial charge in [0.1, 0.15) is 23.1 Å². The molecule has 180 valence electrons. The number of aromatic nitrogens is 3. The lowest BCUT2D eigenvalue weighted by Gasteiger charge is -2.40. The topological polar surface area (TPSA) is 86.3 Å². The summed E-state index contributed by atoms with van der Waals surface area (Å²) in [5.41, 5.74) is 7.75. The standard InChI is InChI=1S/C21H18F5N5O2S/c1-30(17-10-33-18-8-12(4-5-13(17)18)34(22,23,24,25)26)21(32)11-3-6-16-14(7-11)19-15(20(27)29-16)9-28-31(19)2/h3-9,17H,10H2,1-2H3,(H2,27,29)/t17-/m1/s1. The Labute approximate surface area is 189 Å². The average molecular weight is 499 g/mol. The van der Waals surface area contributed by atoms with Crippen LogP contribution in [0.15, 0.2) is 47.5 Å². The summed E-state index contributed by atoms with van der Waals surface area (Å²) in [5, 5.41) is 5.47. The minimum atomic E-state index is -9.85. The number of ether oxygens (including phenoxy) is 1. The number of benzene rings is 2. The number of hydrogen-bond acceptors (Lipinski definition) is 5. The summed E-state index contributed by atoms with van der Waals surface area (Å²) < 4.78 is 72.6. The Balaban J connectivity index is 1.51. The molecule has 5 rings (SSSR count). The third-order valence-electron chi connectivity index (χ3n) is 5.93. The number of carbonyl (C=O) groups is 1. The fraction of sp³-hybridized carbons (Fsp3) is 0.190. The van der Waals surface area contributed by atoms with Crippen LogP contribution in [0.25, 0.3) is 21.8 Å². The minimum Gasteiger partial charge on any atom is -0.491 e. The smallest absolute Gasteiger partial charge is 0.310 e. The van der Waals surface area contributed by atoms with Crippen LogP contribution in [-0.4, -0.2) is 39.2 Å². The van der Waals surface area contributed by atoms with Gasteiger partial charge < -0.3 is 15.4 Å². The summed E-state index contributed by atoms with van der Waals surface area (Å²) in [4.78, 5) is 16.9. The van der Waals surface area contributed by atoms with Gasteiger partial charge in [0.25, 0.3) is 5.91 Å². The number of nitrogen functional groups attached to an aromatic ring is 1. The first-order chi connectivity index (χ1) is 15.6. The second-order valence-corrected chi connectivity index (χ2v) is 10.6. The summed E-state index contributed by atoms with van der Waals surface area (Å²) in [7, 11) is -6.65. The van der Waals surface area contributed by atoms with Gasteiger partial charge in [0.2, 0.25) is 0 Å². The van der Waals surface area contributed by atoms with Crippen molar-refractivity contribution < 1.29 is 29.0 Å². The molecular formula is C21H18F5N5O2S. The van der Waals surface area contributed by atoms with E-state index < -0.39 is 27.1 Å². The monoisotopic (exact) mass is 499 g/mol. The molecule has 0 fully saturated rings. The Morgan fingerprint density at radius 3 is 2.59 bits per heavy atom. The zero-order valence-corrected chi connectivity index (χ0v) is 18.6. The Kier molecular flexibility index (Phi) is 4.10. The van der Waals surface area contributed by atoms with Crippen LogP contribution in [0.1, 0.15) is 22.0 Å². The highest BCUT2D eigenvalue weighted by atomic mass is 32.5. The summed E-state index contributed by atoms with van der Waals surface area (Å²) in [5.74, 6) is -0.463. The largest absolute Gasteiger partial charge is 0.491 e. The van der Waals surface area contributed by atoms with Gasteiger partial charge in [-0.2, -0.15) is 5.10 Å². The second-order valence-electron chi connectivity index (χ2n) is 8.17. The molecule has 1 aliphatic rings. The number of nitrogens with zero attached hydrogens (tertiary/aromatic N) is 4. The molecule has 1 aliphatic heterocycles. The Morgan fingerprint density at radius 2 is 1.88 bits per heavy atom. The van der Waals surface area contributed by atoms with Crippen LogP contribution in [-0.2, 0) is 7.05 Å². The van der Waals surface area contributed by atoms with Crippen molar-refractivity contribution in [1.82, 2.24) is 19.7 Å². The summed E-state index contributed by atoms with van der Waals surface area (Å²) >= 11 is 0. The number of likely N-dealkylation sites (N-methyl/N-ethyl adjacent to an activating group) is 1. The fourth-order valence-corrected chi connectivity index (χ4v) is 4.82. The molecule has 0 radical (unpaired) electrons. The second kappa shape index (κ2) is 6.29. The van der Waals surface area contributed by atoms with Crippen molar-refractivity contribution in [2.24, 2.45) is 7.05 Å². The maximum Gasteiger partial charge on any atom is 0.310 e. The van der Waals surface area contributed by atoms with Crippen LogP contribution < -0.4 is 10.5 Å². The lowest BCUT2D eigenvalue weighted by atomic mass is 10.0. The molecule has 1 atom stereocenters. The molecule has 0 saturated heterocycles. The average Bonchev–Trinajstić information content (AvgIpc) is 3.35. The number of anilines is 1. The first-order valence-electron chi connectivity index (χ1n) is 9.93. The Bertz CT molecular complexity index is 1520. The molecule has 0 aliphatic carbocycles. The summed E-state index contributed by atoms with van der Waals surface area (Å²) in [6, 6.07) is 5.62. The molecule has 2 aromatic heterocycles. The maximum atomic E-state index is 13.2. The van der Waals surface area contributed by atoms with E-state index in [9.17, 15) is 24.2 Å². The quantitative estimate of drug-likeness (QED) is 0.373. The molecule has 34 heavy (non-hydrogen) atoms. The van der Waals surface area contributed by atoms with Gasteiger partial charge in [-0.15, -0.1) is 0 Å². The van der Waals surface area contributed by atoms with Gasteiger partial charge in [-0.25, -0.2) is 4.98 Å². The molecule has 13 heteroatoms. The summed E-state index contributed by atoms with van der Waals surface area (Å²) in [6.07, 6.45) is 1.57. The number of carbonyl (C=O) groups excluding carboxylic acids is 1. The van der Waals surface area contributed by atoms with Crippen molar-refractivity contribution in [3.05, 3.63) is 53.7 Å². The highest BCUT2D eigenvalue weighted by Gasteiger charge is 2.65. The van der Waals surface area contributed by atoms with Crippen LogP contribution >= 0.6 is 10.2 Å². The van der Waals surface area contributed by atoms with Crippen LogP contribution in [0.5, 0.6) is 5.75 Å². The number of rotatable bonds is 3. The van der Waals surface area contributed by atoms with Crippen LogP contribution in [0, 0.1) is 0 Å². The van der Waals surface area contributed by atoms with Gasteiger partial charge in [-0.1, -0.05) is 25.5 Å². The van der Waals surface area contributed by atoms with Crippen LogP contribution in [0.4, 0.5) is 25.2 Å². The van der Waals surface area contributed by atoms with E-state index in [0.29, 0.717) is 45.3 Å². The molecule has 2 N–H and O–H groups in total. The molecular weight excluding hydrogens is 481 g/mol. The van der Waals surface area contributed by atoms with Gasteiger partial charge in [-0.3, -0.25) is 9.48 Å². The van der Waals surface area contributed by atoms with Crippen molar-refractivity contribution in [2.45, 2.75) is 10.9 Å². The van der Waals surface area contributed by atoms with Crippen molar-refractivity contribution in [1.29, 1.82) is 0 Å². The van der Waals surface area contributed by atoms with Gasteiger partial charge in [0, 0.05) is 36.7 Å². The van der Waals surface area contributed by atoms with E-state index in [4.69, 9.17) is 10.5 Å². The molecule has 3 heterocycles. The third-order valence-corrected chi connectivity index (χ3v) is 7.07. The Hall–Kier alpha value is -3.61. The number of halogens is 5. The van der Waals surface area contributed by atoms with E-state index in [1.807, 2.05) is 0 Å². The highest BCUT2D eigenvalue weighted by molar-refractivity contribution is 8.45. The van der Waals surface area contributed by atoms with Crippen molar-refractivity contribution in [3.63, 3.8) is 0 Å². The number of fused-ring (bicyclic) bond motifs is 4. The molecule has 4 aromatic rings. The van der Waals surface area contributed by atoms with E-state index in [0.717, 1.165) is 6.07 Å². The van der Waals surface area contributed by atoms with E-state index in [1.54, 1.807) is 36.1 Å². The molecule has 0 unspecified atom stereocenters. The minimum absolute atomic E-state index is 0.168. The highest BCUT2D eigenvalue weighted by Crippen LogP contribution is 3.02. The van der Waals surface area contributed by atoms with E-state index in [-0.39, 0.29) is 17.9 Å². The zero-order chi connectivity index (χ0) is 24.7. The number of amides is 1. The van der Waals surface area contributed by atoms with E-state index in [1.165, 1.54) is 11.9 Å². The van der Waals surface area contributed by atoms with Gasteiger partial charge >= 0.3 is 10.2 Å². The van der Waals surface area contributed by atoms with Crippen LogP contribution in [0.2, 0.25) is 0 Å². The first-order valence-corrected chi connectivity index (χ1v) is 11.9. The normalized spacial score (nSPS) is 17.8. The van der Waals surface area contributed by atoms with Crippen molar-refractivity contribution in [2.75, 3.05) is 19.4 Å². The van der Waals surface area contributed by atoms with Gasteiger partial charge in [0.05, 0.1) is 28.7 Å².